The number of nitrogens with zero attached hydrogens (tertiary/aromatic N) is 2. The molecule has 0 spiro atoms. The van der Waals surface area contributed by atoms with Gasteiger partial charge >= 0.3 is 0 Å². The molecule has 0 amide bonds. The van der Waals surface area contributed by atoms with E-state index in [-0.39, 0.29) is 0 Å². The molecule has 0 unspecified atom stereocenters. The fraction of sp³-hybridized carbons (Fsp3) is 0.250. The van der Waals surface area contributed by atoms with Crippen molar-refractivity contribution in [1.29, 1.82) is 0 Å². The summed E-state index contributed by atoms with van der Waals surface area (Å²) in [6, 6.07) is 6.27. The number of pyridine rings is 1. The normalized spacial score (nSPS) is 14.5. The number of rotatable bonds is 1. The van der Waals surface area contributed by atoms with Crippen LogP contribution in [0.2, 0.25) is 0 Å². The van der Waals surface area contributed by atoms with E-state index < -0.39 is 0 Å². The Labute approximate surface area is 122 Å². The number of imidazole rings is 1. The fourth-order valence-electron chi connectivity index (χ4n) is 2.75. The van der Waals surface area contributed by atoms with Crippen LogP contribution < -0.4 is 10.1 Å². The van der Waals surface area contributed by atoms with Crippen LogP contribution in [-0.2, 0) is 6.54 Å². The summed E-state index contributed by atoms with van der Waals surface area (Å²) < 4.78 is 5.73. The number of benzene rings is 1. The van der Waals surface area contributed by atoms with E-state index in [9.17, 15) is 0 Å². The van der Waals surface area contributed by atoms with Gasteiger partial charge in [0, 0.05) is 30.4 Å². The zero-order valence-electron chi connectivity index (χ0n) is 11.8. The summed E-state index contributed by atoms with van der Waals surface area (Å²) in [4.78, 5) is 12.1. The highest BCUT2D eigenvalue weighted by atomic mass is 16.5. The number of aryl methyl sites for hydroxylation is 1. The summed E-state index contributed by atoms with van der Waals surface area (Å²) in [7, 11) is 0. The molecule has 0 saturated heterocycles. The highest BCUT2D eigenvalue weighted by molar-refractivity contribution is 5.91. The van der Waals surface area contributed by atoms with Crippen LogP contribution in [0.4, 0.5) is 0 Å². The first-order chi connectivity index (χ1) is 10.3. The lowest BCUT2D eigenvalue weighted by molar-refractivity contribution is 0.326. The van der Waals surface area contributed by atoms with Crippen LogP contribution >= 0.6 is 0 Å². The van der Waals surface area contributed by atoms with Gasteiger partial charge in [0.05, 0.1) is 17.2 Å². The van der Waals surface area contributed by atoms with Gasteiger partial charge in [-0.25, -0.2) is 4.98 Å². The maximum Gasteiger partial charge on any atom is 0.123 e. The molecule has 0 atom stereocenters. The molecule has 0 saturated carbocycles. The maximum absolute atomic E-state index is 5.73. The van der Waals surface area contributed by atoms with Crippen molar-refractivity contribution in [3.05, 3.63) is 42.0 Å². The lowest BCUT2D eigenvalue weighted by atomic mass is 10.0. The second-order valence-electron chi connectivity index (χ2n) is 5.25. The van der Waals surface area contributed by atoms with E-state index in [1.54, 1.807) is 0 Å². The quantitative estimate of drug-likeness (QED) is 0.718. The monoisotopic (exact) mass is 280 g/mol. The summed E-state index contributed by atoms with van der Waals surface area (Å²) in [6.45, 7) is 4.37. The molecule has 0 fully saturated rings. The number of nitrogens with one attached hydrogen (secondary N) is 2. The predicted molar refractivity (Wildman–Crippen MR) is 81.3 cm³/mol. The van der Waals surface area contributed by atoms with Crippen LogP contribution in [0, 0.1) is 6.92 Å². The maximum atomic E-state index is 5.73. The molecule has 21 heavy (non-hydrogen) atoms. The molecule has 106 valence electrons. The SMILES string of the molecule is Cc1nc2c(-c3ccc4c(c3)CNCCO4)cncc2[nH]1. The topological polar surface area (TPSA) is 62.8 Å². The lowest BCUT2D eigenvalue weighted by Gasteiger charge is -2.09. The highest BCUT2D eigenvalue weighted by Crippen LogP contribution is 2.30. The number of aromatic amines is 1. The average Bonchev–Trinajstić information content (AvgIpc) is 2.73. The molecule has 2 aromatic heterocycles. The molecule has 4 rings (SSSR count). The van der Waals surface area contributed by atoms with Crippen molar-refractivity contribution in [2.45, 2.75) is 13.5 Å². The minimum Gasteiger partial charge on any atom is -0.492 e. The van der Waals surface area contributed by atoms with Crippen molar-refractivity contribution < 1.29 is 4.74 Å². The zero-order chi connectivity index (χ0) is 14.2. The summed E-state index contributed by atoms with van der Waals surface area (Å²) in [5.74, 6) is 1.86. The first kappa shape index (κ1) is 12.3. The molecule has 0 aliphatic carbocycles. The Hall–Kier alpha value is -2.40. The summed E-state index contributed by atoms with van der Waals surface area (Å²) >= 11 is 0. The molecule has 1 aromatic carbocycles. The number of ether oxygens (including phenoxy) is 1. The van der Waals surface area contributed by atoms with Crippen LogP contribution in [0.3, 0.4) is 0 Å². The molecule has 0 radical (unpaired) electrons. The Bertz CT molecular complexity index is 809. The van der Waals surface area contributed by atoms with Crippen LogP contribution in [-0.4, -0.2) is 28.1 Å². The molecule has 3 heterocycles. The molecular weight excluding hydrogens is 264 g/mol. The van der Waals surface area contributed by atoms with Crippen molar-refractivity contribution >= 4 is 11.0 Å². The van der Waals surface area contributed by atoms with E-state index in [4.69, 9.17) is 4.74 Å². The van der Waals surface area contributed by atoms with Crippen molar-refractivity contribution in [3.63, 3.8) is 0 Å². The minimum absolute atomic E-state index is 0.710. The summed E-state index contributed by atoms with van der Waals surface area (Å²) in [5, 5.41) is 3.36. The average molecular weight is 280 g/mol. The fourth-order valence-corrected chi connectivity index (χ4v) is 2.75. The second-order valence-corrected chi connectivity index (χ2v) is 5.25. The van der Waals surface area contributed by atoms with Gasteiger partial charge in [-0.3, -0.25) is 4.98 Å². The van der Waals surface area contributed by atoms with E-state index in [2.05, 4.69) is 32.4 Å². The highest BCUT2D eigenvalue weighted by Gasteiger charge is 2.13. The van der Waals surface area contributed by atoms with Gasteiger partial charge in [-0.1, -0.05) is 6.07 Å². The van der Waals surface area contributed by atoms with Crippen LogP contribution in [0.5, 0.6) is 5.75 Å². The Kier molecular flexibility index (Phi) is 2.86. The lowest BCUT2D eigenvalue weighted by Crippen LogP contribution is -2.16. The van der Waals surface area contributed by atoms with Crippen molar-refractivity contribution in [2.24, 2.45) is 0 Å². The van der Waals surface area contributed by atoms with Crippen molar-refractivity contribution in [2.75, 3.05) is 13.2 Å². The van der Waals surface area contributed by atoms with Gasteiger partial charge in [0.15, 0.2) is 0 Å². The Morgan fingerprint density at radius 2 is 2.19 bits per heavy atom. The molecule has 3 aromatic rings. The molecule has 0 bridgehead atoms. The van der Waals surface area contributed by atoms with Crippen LogP contribution in [0.1, 0.15) is 11.4 Å². The molecular formula is C16H16N4O. The van der Waals surface area contributed by atoms with Crippen molar-refractivity contribution in [1.82, 2.24) is 20.3 Å². The van der Waals surface area contributed by atoms with E-state index in [0.717, 1.165) is 46.8 Å². The van der Waals surface area contributed by atoms with Gasteiger partial charge in [0.1, 0.15) is 18.2 Å². The molecule has 5 heteroatoms. The van der Waals surface area contributed by atoms with E-state index >= 15 is 0 Å². The van der Waals surface area contributed by atoms with Crippen LogP contribution in [0.25, 0.3) is 22.2 Å². The summed E-state index contributed by atoms with van der Waals surface area (Å²) in [6.07, 6.45) is 3.68. The first-order valence-electron chi connectivity index (χ1n) is 7.08. The smallest absolute Gasteiger partial charge is 0.123 e. The largest absolute Gasteiger partial charge is 0.492 e. The Balaban J connectivity index is 1.87. The van der Waals surface area contributed by atoms with Gasteiger partial charge in [-0.2, -0.15) is 0 Å². The number of fused-ring (bicyclic) bond motifs is 2. The number of H-pyrrole nitrogens is 1. The van der Waals surface area contributed by atoms with E-state index in [0.29, 0.717) is 6.61 Å². The van der Waals surface area contributed by atoms with E-state index in [1.807, 2.05) is 25.4 Å². The number of aromatic nitrogens is 3. The van der Waals surface area contributed by atoms with Gasteiger partial charge in [0.2, 0.25) is 0 Å². The first-order valence-corrected chi connectivity index (χ1v) is 7.08. The third kappa shape index (κ3) is 2.15. The van der Waals surface area contributed by atoms with Gasteiger partial charge in [-0.05, 0) is 24.6 Å². The standard InChI is InChI=1S/C16H16N4O/c1-10-19-14-9-18-8-13(16(14)20-10)11-2-3-15-12(6-11)7-17-4-5-21-15/h2-3,6,8-9,17H,4-5,7H2,1H3,(H,19,20). The summed E-state index contributed by atoms with van der Waals surface area (Å²) in [5.41, 5.74) is 5.27. The zero-order valence-corrected chi connectivity index (χ0v) is 11.8. The Morgan fingerprint density at radius 1 is 1.24 bits per heavy atom. The molecule has 1 aliphatic heterocycles. The Morgan fingerprint density at radius 3 is 3.14 bits per heavy atom. The molecule has 5 nitrogen and oxygen atoms in total. The third-order valence-electron chi connectivity index (χ3n) is 3.74. The van der Waals surface area contributed by atoms with Gasteiger partial charge < -0.3 is 15.0 Å². The van der Waals surface area contributed by atoms with Crippen LogP contribution in [0.15, 0.2) is 30.6 Å². The third-order valence-corrected chi connectivity index (χ3v) is 3.74. The van der Waals surface area contributed by atoms with Crippen molar-refractivity contribution in [3.8, 4) is 16.9 Å². The minimum atomic E-state index is 0.710. The van der Waals surface area contributed by atoms with Gasteiger partial charge in [-0.15, -0.1) is 0 Å². The predicted octanol–water partition coefficient (Wildman–Crippen LogP) is 2.42. The van der Waals surface area contributed by atoms with Gasteiger partial charge in [0.25, 0.3) is 0 Å². The molecule has 1 aliphatic rings. The second kappa shape index (κ2) is 4.86. The number of hydrogen-bond acceptors (Lipinski definition) is 4. The van der Waals surface area contributed by atoms with E-state index in [1.165, 1.54) is 5.56 Å². The molecule has 2 N–H and O–H groups in total. The number of hydrogen-bond donors (Lipinski definition) is 2.